The molecule has 11 rings (SSSR count). The highest BCUT2D eigenvalue weighted by Gasteiger charge is 2.30. The molecule has 0 amide bonds. The summed E-state index contributed by atoms with van der Waals surface area (Å²) in [5.41, 5.74) is 7.65. The second kappa shape index (κ2) is 15.6. The molecule has 0 saturated carbocycles. The average Bonchev–Trinajstić information content (AvgIpc) is 4.07. The number of rotatable bonds is 8. The van der Waals surface area contributed by atoms with Gasteiger partial charge in [-0.3, -0.25) is 4.98 Å². The minimum Gasteiger partial charge on any atom is -0.378 e. The van der Waals surface area contributed by atoms with Gasteiger partial charge >= 0.3 is 0 Å². The van der Waals surface area contributed by atoms with Crippen LogP contribution < -0.4 is 19.6 Å². The van der Waals surface area contributed by atoms with E-state index in [0.717, 1.165) is 87.3 Å². The monoisotopic (exact) mass is 812 g/mol. The molecule has 7 aromatic rings. The normalized spacial score (nSPS) is 19.9. The number of nitrogens with one attached hydrogen (secondary N) is 2. The van der Waals surface area contributed by atoms with Gasteiger partial charge in [0.05, 0.1) is 76.0 Å². The smallest absolute Gasteiger partial charge is 0.229 e. The van der Waals surface area contributed by atoms with Crippen molar-refractivity contribution < 1.29 is 18.9 Å². The van der Waals surface area contributed by atoms with Gasteiger partial charge in [-0.15, -0.1) is 0 Å². The number of hydrogen-bond acceptors (Lipinski definition) is 15. The van der Waals surface area contributed by atoms with Crippen molar-refractivity contribution in [2.75, 3.05) is 118 Å². The molecule has 0 spiro atoms. The van der Waals surface area contributed by atoms with Crippen molar-refractivity contribution in [2.24, 2.45) is 0 Å². The Bertz CT molecular complexity index is 2660. The molecule has 1 unspecified atom stereocenters. The minimum absolute atomic E-state index is 0.147. The predicted octanol–water partition coefficient (Wildman–Crippen LogP) is 4.05. The summed E-state index contributed by atoms with van der Waals surface area (Å²) >= 11 is 0. The number of fused-ring (bicyclic) bond motifs is 3. The third kappa shape index (κ3) is 6.72. The van der Waals surface area contributed by atoms with E-state index < -0.39 is 0 Å². The van der Waals surface area contributed by atoms with Crippen LogP contribution in [0.1, 0.15) is 25.5 Å². The number of aromatic nitrogens is 10. The zero-order valence-corrected chi connectivity index (χ0v) is 33.9. The van der Waals surface area contributed by atoms with Gasteiger partial charge in [-0.2, -0.15) is 19.9 Å². The van der Waals surface area contributed by atoms with Crippen molar-refractivity contribution in [3.05, 3.63) is 54.4 Å². The molecule has 18 nitrogen and oxygen atoms in total. The van der Waals surface area contributed by atoms with Crippen LogP contribution in [0.2, 0.25) is 0 Å². The van der Waals surface area contributed by atoms with Crippen molar-refractivity contribution in [3.8, 4) is 22.8 Å². The average molecular weight is 813 g/mol. The van der Waals surface area contributed by atoms with E-state index >= 15 is 0 Å². The van der Waals surface area contributed by atoms with E-state index in [0.29, 0.717) is 96.6 Å². The fourth-order valence-corrected chi connectivity index (χ4v) is 8.73. The number of ether oxygens (including phenoxy) is 4. The maximum atomic E-state index is 5.81. The Balaban J connectivity index is 1.05. The Labute approximate surface area is 345 Å². The molecule has 4 aliphatic rings. The maximum Gasteiger partial charge on any atom is 0.229 e. The molecular weight excluding hydrogens is 765 g/mol. The number of pyridine rings is 1. The highest BCUT2D eigenvalue weighted by Crippen LogP contribution is 2.38. The summed E-state index contributed by atoms with van der Waals surface area (Å²) in [6.07, 6.45) is 3.81. The highest BCUT2D eigenvalue weighted by atomic mass is 16.5. The van der Waals surface area contributed by atoms with Gasteiger partial charge < -0.3 is 53.1 Å². The van der Waals surface area contributed by atoms with E-state index in [4.69, 9.17) is 53.8 Å². The molecule has 0 radical (unpaired) electrons. The fourth-order valence-electron chi connectivity index (χ4n) is 8.73. The maximum absolute atomic E-state index is 5.81. The van der Waals surface area contributed by atoms with E-state index in [1.165, 1.54) is 0 Å². The van der Waals surface area contributed by atoms with Crippen LogP contribution in [-0.4, -0.2) is 154 Å². The van der Waals surface area contributed by atoms with Crippen LogP contribution in [0.4, 0.5) is 23.5 Å². The summed E-state index contributed by atoms with van der Waals surface area (Å²) in [5.74, 6) is 4.47. The molecule has 4 saturated heterocycles. The summed E-state index contributed by atoms with van der Waals surface area (Å²) < 4.78 is 25.2. The molecular formula is C42H48N14O4. The predicted molar refractivity (Wildman–Crippen MR) is 228 cm³/mol. The first-order chi connectivity index (χ1) is 29.6. The molecule has 310 valence electrons. The molecule has 6 aromatic heterocycles. The van der Waals surface area contributed by atoms with Gasteiger partial charge in [0.15, 0.2) is 28.4 Å². The zero-order chi connectivity index (χ0) is 40.2. The van der Waals surface area contributed by atoms with Gasteiger partial charge in [0.2, 0.25) is 11.9 Å². The number of nitrogens with zero attached hydrogens (tertiary/aromatic N) is 12. The van der Waals surface area contributed by atoms with Gasteiger partial charge in [0.25, 0.3) is 0 Å². The molecule has 1 aromatic carbocycles. The summed E-state index contributed by atoms with van der Waals surface area (Å²) in [5, 5.41) is 0. The summed E-state index contributed by atoms with van der Waals surface area (Å²) in [7, 11) is 0. The lowest BCUT2D eigenvalue weighted by molar-refractivity contribution is 0.0986. The van der Waals surface area contributed by atoms with Gasteiger partial charge in [0, 0.05) is 69.3 Å². The van der Waals surface area contributed by atoms with E-state index in [-0.39, 0.29) is 12.1 Å². The van der Waals surface area contributed by atoms with Crippen molar-refractivity contribution >= 4 is 56.9 Å². The first-order valence-corrected chi connectivity index (χ1v) is 21.0. The SMILES string of the molecule is CC(c1cccc(-c2nc3nc(N4CCOCC4)nc(N4CCOC[C@@H]4C)c3[nH]2)c1)n1c(-c2cnc3cc[nH]c3c2)nc2c(N3CCOCC3)nc(N3CCOCC3)nc21. The van der Waals surface area contributed by atoms with Crippen molar-refractivity contribution in [2.45, 2.75) is 25.9 Å². The van der Waals surface area contributed by atoms with Crippen molar-refractivity contribution in [1.29, 1.82) is 0 Å². The van der Waals surface area contributed by atoms with Crippen LogP contribution in [0.5, 0.6) is 0 Å². The molecule has 4 fully saturated rings. The van der Waals surface area contributed by atoms with Crippen LogP contribution >= 0.6 is 0 Å². The van der Waals surface area contributed by atoms with Crippen LogP contribution in [0.15, 0.2) is 48.8 Å². The van der Waals surface area contributed by atoms with Crippen LogP contribution in [0, 0.1) is 0 Å². The molecule has 4 aliphatic heterocycles. The van der Waals surface area contributed by atoms with Crippen LogP contribution in [0.25, 0.3) is 56.1 Å². The van der Waals surface area contributed by atoms with E-state index in [1.54, 1.807) is 0 Å². The quantitative estimate of drug-likeness (QED) is 0.225. The number of anilines is 4. The van der Waals surface area contributed by atoms with E-state index in [9.17, 15) is 0 Å². The lowest BCUT2D eigenvalue weighted by Gasteiger charge is -2.35. The Kier molecular flexibility index (Phi) is 9.63. The lowest BCUT2D eigenvalue weighted by atomic mass is 10.0. The van der Waals surface area contributed by atoms with Gasteiger partial charge in [-0.25, -0.2) is 9.97 Å². The molecule has 10 heterocycles. The number of imidazole rings is 2. The van der Waals surface area contributed by atoms with Gasteiger partial charge in [-0.05, 0) is 37.6 Å². The zero-order valence-electron chi connectivity index (χ0n) is 33.9. The fraction of sp³-hybridized carbons (Fsp3) is 0.452. The second-order valence-electron chi connectivity index (χ2n) is 15.8. The topological polar surface area (TPSA) is 177 Å². The van der Waals surface area contributed by atoms with Gasteiger partial charge in [0.1, 0.15) is 17.2 Å². The Morgan fingerprint density at radius 2 is 1.40 bits per heavy atom. The second-order valence-corrected chi connectivity index (χ2v) is 15.8. The Morgan fingerprint density at radius 3 is 2.15 bits per heavy atom. The number of H-pyrrole nitrogens is 2. The molecule has 18 heteroatoms. The summed E-state index contributed by atoms with van der Waals surface area (Å²) in [4.78, 5) is 52.0. The van der Waals surface area contributed by atoms with E-state index in [1.807, 2.05) is 18.5 Å². The third-order valence-corrected chi connectivity index (χ3v) is 12.1. The number of morpholine rings is 4. The molecule has 2 N–H and O–H groups in total. The largest absolute Gasteiger partial charge is 0.378 e. The number of hydrogen-bond donors (Lipinski definition) is 2. The van der Waals surface area contributed by atoms with Gasteiger partial charge in [-0.1, -0.05) is 18.2 Å². The third-order valence-electron chi connectivity index (χ3n) is 12.1. The Hall–Kier alpha value is -5.95. The first-order valence-electron chi connectivity index (χ1n) is 21.0. The van der Waals surface area contributed by atoms with E-state index in [2.05, 4.69) is 78.3 Å². The highest BCUT2D eigenvalue weighted by molar-refractivity contribution is 5.90. The van der Waals surface area contributed by atoms with Crippen molar-refractivity contribution in [1.82, 2.24) is 49.4 Å². The van der Waals surface area contributed by atoms with Crippen LogP contribution in [0.3, 0.4) is 0 Å². The first kappa shape index (κ1) is 37.1. The molecule has 2 atom stereocenters. The standard InChI is InChI=1S/C42H48N14O4/c1-26-25-60-21-14-55(26)39-33-36(48-41(50-39)53-10-17-58-18-11-53)47-35(45-33)29-5-3-4-28(22-29)27(2)56-37(30-23-32-31(44-24-30)6-7-43-32)46-34-38(52-8-15-57-16-9-52)49-42(51-40(34)56)54-12-19-59-20-13-54/h3-7,22-24,26-27,43H,8-21,25H2,1-2H3,(H,45,47,48,50)/t26-,27?/m0/s1. The van der Waals surface area contributed by atoms with Crippen LogP contribution in [-0.2, 0) is 18.9 Å². The van der Waals surface area contributed by atoms with Crippen molar-refractivity contribution in [3.63, 3.8) is 0 Å². The lowest BCUT2D eigenvalue weighted by Crippen LogP contribution is -2.44. The molecule has 60 heavy (non-hydrogen) atoms. The summed E-state index contributed by atoms with van der Waals surface area (Å²) in [6.45, 7) is 14.4. The Morgan fingerprint density at radius 1 is 0.700 bits per heavy atom. The number of aromatic amines is 2. The number of benzene rings is 1. The summed E-state index contributed by atoms with van der Waals surface area (Å²) in [6, 6.07) is 12.6. The molecule has 0 bridgehead atoms. The minimum atomic E-state index is -0.212. The molecule has 0 aliphatic carbocycles.